The molecule has 0 amide bonds. The average molecular weight is 197 g/mol. The molecular formula is C5H11NOS3. The number of thiocarbonyl (C=S) groups is 1. The van der Waals surface area contributed by atoms with Crippen LogP contribution in [0.25, 0.3) is 0 Å². The van der Waals surface area contributed by atoms with Crippen LogP contribution in [-0.4, -0.2) is 27.1 Å². The van der Waals surface area contributed by atoms with Crippen molar-refractivity contribution < 1.29 is 4.21 Å². The first kappa shape index (κ1) is 10.4. The Hall–Kier alpha value is 0.390. The van der Waals surface area contributed by atoms with Gasteiger partial charge in [-0.15, -0.1) is 12.6 Å². The van der Waals surface area contributed by atoms with Gasteiger partial charge in [0.15, 0.2) is 0 Å². The molecule has 0 aromatic rings. The van der Waals surface area contributed by atoms with E-state index in [2.05, 4.69) is 30.2 Å². The van der Waals surface area contributed by atoms with Crippen molar-refractivity contribution in [2.24, 2.45) is 0 Å². The van der Waals surface area contributed by atoms with Crippen LogP contribution >= 0.6 is 24.8 Å². The van der Waals surface area contributed by atoms with Gasteiger partial charge in [0, 0.05) is 29.4 Å². The zero-order valence-corrected chi connectivity index (χ0v) is 8.32. The van der Waals surface area contributed by atoms with Crippen LogP contribution in [-0.2, 0) is 10.8 Å². The van der Waals surface area contributed by atoms with E-state index in [1.165, 1.54) is 0 Å². The van der Waals surface area contributed by atoms with Gasteiger partial charge in [0.25, 0.3) is 0 Å². The second-order valence-corrected chi connectivity index (χ2v) is 4.58. The van der Waals surface area contributed by atoms with Gasteiger partial charge < -0.3 is 5.32 Å². The summed E-state index contributed by atoms with van der Waals surface area (Å²) in [4.78, 5) is 0. The van der Waals surface area contributed by atoms with Gasteiger partial charge in [-0.1, -0.05) is 12.2 Å². The van der Waals surface area contributed by atoms with Crippen molar-refractivity contribution in [1.29, 1.82) is 0 Å². The first-order valence-corrected chi connectivity index (χ1v) is 5.48. The number of hydrogen-bond donors (Lipinski definition) is 2. The lowest BCUT2D eigenvalue weighted by Gasteiger charge is -2.00. The van der Waals surface area contributed by atoms with Gasteiger partial charge in [-0.2, -0.15) is 0 Å². The molecule has 0 aliphatic carbocycles. The van der Waals surface area contributed by atoms with Gasteiger partial charge in [0.2, 0.25) is 0 Å². The van der Waals surface area contributed by atoms with Crippen LogP contribution in [0, 0.1) is 0 Å². The van der Waals surface area contributed by atoms with E-state index in [0.717, 1.165) is 18.7 Å². The highest BCUT2D eigenvalue weighted by atomic mass is 32.2. The minimum Gasteiger partial charge on any atom is -0.371 e. The van der Waals surface area contributed by atoms with Crippen molar-refractivity contribution >= 4 is 40.0 Å². The van der Waals surface area contributed by atoms with E-state index in [-0.39, 0.29) is 0 Å². The van der Waals surface area contributed by atoms with Gasteiger partial charge >= 0.3 is 0 Å². The van der Waals surface area contributed by atoms with Crippen molar-refractivity contribution in [3.05, 3.63) is 0 Å². The van der Waals surface area contributed by atoms with Gasteiger partial charge in [-0.05, 0) is 6.42 Å². The monoisotopic (exact) mass is 197 g/mol. The quantitative estimate of drug-likeness (QED) is 0.392. The predicted octanol–water partition coefficient (Wildman–Crippen LogP) is 0.559. The number of nitrogens with one attached hydrogen (secondary N) is 1. The first-order valence-electron chi connectivity index (χ1n) is 2.89. The molecule has 0 bridgehead atoms. The summed E-state index contributed by atoms with van der Waals surface area (Å²) in [6.45, 7) is 0.766. The summed E-state index contributed by atoms with van der Waals surface area (Å²) < 4.78 is 11.0. The molecule has 1 unspecified atom stereocenters. The fourth-order valence-corrected chi connectivity index (χ4v) is 1.24. The highest BCUT2D eigenvalue weighted by Crippen LogP contribution is 1.83. The molecule has 0 aliphatic rings. The van der Waals surface area contributed by atoms with Gasteiger partial charge in [-0.3, -0.25) is 4.21 Å². The molecule has 0 radical (unpaired) electrons. The molecule has 60 valence electrons. The summed E-state index contributed by atoms with van der Waals surface area (Å²) in [5.41, 5.74) is 0. The Morgan fingerprint density at radius 1 is 1.80 bits per heavy atom. The Balaban J connectivity index is 3.06. The van der Waals surface area contributed by atoms with Crippen LogP contribution in [0.2, 0.25) is 0 Å². The Bertz CT molecular complexity index is 121. The lowest BCUT2D eigenvalue weighted by Crippen LogP contribution is -2.18. The third-order valence-corrected chi connectivity index (χ3v) is 2.05. The number of rotatable bonds is 4. The van der Waals surface area contributed by atoms with Crippen molar-refractivity contribution in [3.8, 4) is 0 Å². The molecular weight excluding hydrogens is 186 g/mol. The maximum absolute atomic E-state index is 10.5. The number of hydrogen-bond acceptors (Lipinski definition) is 2. The molecule has 5 heteroatoms. The van der Waals surface area contributed by atoms with Crippen LogP contribution in [0.1, 0.15) is 6.42 Å². The molecule has 0 aromatic carbocycles. The van der Waals surface area contributed by atoms with Gasteiger partial charge in [0.1, 0.15) is 4.32 Å². The first-order chi connectivity index (χ1) is 4.63. The summed E-state index contributed by atoms with van der Waals surface area (Å²) in [7, 11) is -0.688. The van der Waals surface area contributed by atoms with Crippen LogP contribution in [0.5, 0.6) is 0 Å². The molecule has 0 saturated heterocycles. The zero-order chi connectivity index (χ0) is 7.98. The van der Waals surface area contributed by atoms with Crippen LogP contribution in [0.3, 0.4) is 0 Å². The minimum absolute atomic E-state index is 0.502. The molecule has 0 aromatic heterocycles. The Morgan fingerprint density at radius 2 is 2.40 bits per heavy atom. The van der Waals surface area contributed by atoms with E-state index in [1.807, 2.05) is 0 Å². The lowest BCUT2D eigenvalue weighted by atomic mass is 10.5. The highest BCUT2D eigenvalue weighted by molar-refractivity contribution is 8.11. The van der Waals surface area contributed by atoms with Crippen LogP contribution in [0.15, 0.2) is 0 Å². The number of thiol groups is 1. The van der Waals surface area contributed by atoms with E-state index in [4.69, 9.17) is 0 Å². The smallest absolute Gasteiger partial charge is 0.130 e. The SMILES string of the molecule is CS(=O)CCCNC(=S)S. The van der Waals surface area contributed by atoms with E-state index < -0.39 is 10.8 Å². The predicted molar refractivity (Wildman–Crippen MR) is 53.1 cm³/mol. The Morgan fingerprint density at radius 3 is 2.80 bits per heavy atom. The highest BCUT2D eigenvalue weighted by Gasteiger charge is 1.90. The third kappa shape index (κ3) is 8.39. The Kier molecular flexibility index (Phi) is 6.36. The molecule has 1 N–H and O–H groups in total. The van der Waals surface area contributed by atoms with Crippen molar-refractivity contribution in [1.82, 2.24) is 5.32 Å². The van der Waals surface area contributed by atoms with Gasteiger partial charge in [-0.25, -0.2) is 0 Å². The second-order valence-electron chi connectivity index (χ2n) is 1.86. The van der Waals surface area contributed by atoms with Gasteiger partial charge in [0.05, 0.1) is 0 Å². The molecule has 10 heavy (non-hydrogen) atoms. The lowest BCUT2D eigenvalue weighted by molar-refractivity contribution is 0.683. The molecule has 1 atom stereocenters. The third-order valence-electron chi connectivity index (χ3n) is 0.885. The molecule has 0 aliphatic heterocycles. The molecule has 2 nitrogen and oxygen atoms in total. The maximum atomic E-state index is 10.5. The largest absolute Gasteiger partial charge is 0.371 e. The van der Waals surface area contributed by atoms with Crippen molar-refractivity contribution in [2.45, 2.75) is 6.42 Å². The fourth-order valence-electron chi connectivity index (χ4n) is 0.471. The van der Waals surface area contributed by atoms with E-state index in [0.29, 0.717) is 4.32 Å². The summed E-state index contributed by atoms with van der Waals surface area (Å²) >= 11 is 8.52. The topological polar surface area (TPSA) is 29.1 Å². The summed E-state index contributed by atoms with van der Waals surface area (Å²) in [5.74, 6) is 0.726. The van der Waals surface area contributed by atoms with E-state index in [9.17, 15) is 4.21 Å². The molecule has 0 heterocycles. The van der Waals surface area contributed by atoms with E-state index in [1.54, 1.807) is 6.26 Å². The maximum Gasteiger partial charge on any atom is 0.130 e. The average Bonchev–Trinajstić information content (AvgIpc) is 1.79. The molecule has 0 fully saturated rings. The van der Waals surface area contributed by atoms with Crippen LogP contribution < -0.4 is 5.32 Å². The second kappa shape index (κ2) is 6.12. The summed E-state index contributed by atoms with van der Waals surface area (Å²) in [6, 6.07) is 0. The fraction of sp³-hybridized carbons (Fsp3) is 0.800. The van der Waals surface area contributed by atoms with E-state index >= 15 is 0 Å². The molecule has 0 saturated carbocycles. The van der Waals surface area contributed by atoms with Crippen molar-refractivity contribution in [2.75, 3.05) is 18.6 Å². The zero-order valence-electron chi connectivity index (χ0n) is 5.79. The standard InChI is InChI=1S/C5H11NOS3/c1-10(7)4-2-3-6-5(8)9/h2-4H2,1H3,(H2,6,8,9). The van der Waals surface area contributed by atoms with Crippen molar-refractivity contribution in [3.63, 3.8) is 0 Å². The molecule has 0 rings (SSSR count). The van der Waals surface area contributed by atoms with Crippen LogP contribution in [0.4, 0.5) is 0 Å². The molecule has 0 spiro atoms. The normalized spacial score (nSPS) is 12.6. The summed E-state index contributed by atoms with van der Waals surface area (Å²) in [5, 5.41) is 2.86. The summed E-state index contributed by atoms with van der Waals surface area (Å²) in [6.07, 6.45) is 2.57. The Labute approximate surface area is 74.6 Å². The minimum atomic E-state index is -0.688.